The number of aromatic nitrogens is 5. The molecule has 0 amide bonds. The molecule has 1 unspecified atom stereocenters. The number of fused-ring (bicyclic) bond motifs is 2. The molecular weight excluding hydrogens is 566 g/mol. The van der Waals surface area contributed by atoms with Gasteiger partial charge in [0.25, 0.3) is 5.56 Å². The molecule has 2 aromatic carbocycles. The predicted octanol–water partition coefficient (Wildman–Crippen LogP) is 5.56. The van der Waals surface area contributed by atoms with Crippen LogP contribution in [-0.4, -0.2) is 68.1 Å². The van der Waals surface area contributed by atoms with Crippen molar-refractivity contribution in [3.63, 3.8) is 0 Å². The summed E-state index contributed by atoms with van der Waals surface area (Å²) in [5, 5.41) is 5.12. The van der Waals surface area contributed by atoms with Gasteiger partial charge >= 0.3 is 0 Å². The van der Waals surface area contributed by atoms with Gasteiger partial charge in [-0.2, -0.15) is 5.10 Å². The van der Waals surface area contributed by atoms with E-state index in [1.807, 2.05) is 39.7 Å². The molecule has 0 bridgehead atoms. The summed E-state index contributed by atoms with van der Waals surface area (Å²) in [4.78, 5) is 27.8. The molecule has 2 aliphatic heterocycles. The zero-order valence-corrected chi connectivity index (χ0v) is 26.5. The molecule has 2 aliphatic rings. The Hall–Kier alpha value is -4.28. The molecule has 10 heteroatoms. The molecule has 5 aromatic rings. The maximum Gasteiger partial charge on any atom is 0.253 e. The van der Waals surface area contributed by atoms with Gasteiger partial charge < -0.3 is 18.9 Å². The fraction of sp³-hybridized carbons (Fsp3) is 0.429. The molecule has 0 N–H and O–H groups in total. The fourth-order valence-corrected chi connectivity index (χ4v) is 6.98. The summed E-state index contributed by atoms with van der Waals surface area (Å²) < 4.78 is 15.2. The normalized spacial score (nSPS) is 21.8. The Morgan fingerprint density at radius 3 is 2.53 bits per heavy atom. The second-order valence-electron chi connectivity index (χ2n) is 12.5. The number of hydrogen-bond donors (Lipinski definition) is 0. The van der Waals surface area contributed by atoms with Crippen molar-refractivity contribution < 1.29 is 9.47 Å². The maximum absolute atomic E-state index is 13.9. The molecule has 234 valence electrons. The molecular formula is C35H41N7O3. The minimum atomic E-state index is -0.121. The van der Waals surface area contributed by atoms with Gasteiger partial charge in [-0.05, 0) is 75.4 Å². The Bertz CT molecular complexity index is 1860. The van der Waals surface area contributed by atoms with E-state index < -0.39 is 0 Å². The first-order valence-corrected chi connectivity index (χ1v) is 16.0. The molecule has 3 aromatic heterocycles. The molecule has 0 aliphatic carbocycles. The second-order valence-corrected chi connectivity index (χ2v) is 12.5. The first-order valence-electron chi connectivity index (χ1n) is 16.0. The summed E-state index contributed by atoms with van der Waals surface area (Å²) in [5.41, 5.74) is 6.60. The van der Waals surface area contributed by atoms with E-state index in [1.165, 1.54) is 5.56 Å². The maximum atomic E-state index is 13.9. The van der Waals surface area contributed by atoms with Crippen molar-refractivity contribution >= 4 is 27.8 Å². The molecule has 0 saturated carbocycles. The van der Waals surface area contributed by atoms with Crippen LogP contribution >= 0.6 is 0 Å². The molecule has 2 saturated heterocycles. The Morgan fingerprint density at radius 1 is 0.978 bits per heavy atom. The smallest absolute Gasteiger partial charge is 0.253 e. The van der Waals surface area contributed by atoms with E-state index >= 15 is 0 Å². The topological polar surface area (TPSA) is 90.5 Å². The zero-order valence-electron chi connectivity index (χ0n) is 26.5. The second kappa shape index (κ2) is 12.3. The van der Waals surface area contributed by atoms with Gasteiger partial charge in [0.2, 0.25) is 0 Å². The zero-order chi connectivity index (χ0) is 31.1. The lowest BCUT2D eigenvalue weighted by atomic mass is 9.99. The molecule has 7 rings (SSSR count). The van der Waals surface area contributed by atoms with Gasteiger partial charge in [0.05, 0.1) is 42.1 Å². The Morgan fingerprint density at radius 2 is 1.78 bits per heavy atom. The summed E-state index contributed by atoms with van der Waals surface area (Å²) in [5.74, 6) is 0.791. The van der Waals surface area contributed by atoms with Gasteiger partial charge in [0.1, 0.15) is 17.5 Å². The third-order valence-electron chi connectivity index (χ3n) is 9.54. The number of rotatable bonds is 7. The van der Waals surface area contributed by atoms with E-state index in [0.29, 0.717) is 6.54 Å². The molecule has 0 spiro atoms. The van der Waals surface area contributed by atoms with Crippen molar-refractivity contribution in [2.45, 2.75) is 70.9 Å². The van der Waals surface area contributed by atoms with Crippen molar-refractivity contribution in [2.24, 2.45) is 0 Å². The van der Waals surface area contributed by atoms with E-state index in [9.17, 15) is 4.79 Å². The van der Waals surface area contributed by atoms with Gasteiger partial charge in [0.15, 0.2) is 0 Å². The molecule has 45 heavy (non-hydrogen) atoms. The quantitative estimate of drug-likeness (QED) is 0.238. The van der Waals surface area contributed by atoms with E-state index in [0.717, 1.165) is 78.0 Å². The monoisotopic (exact) mass is 607 g/mol. The van der Waals surface area contributed by atoms with Crippen molar-refractivity contribution in [3.8, 4) is 5.75 Å². The summed E-state index contributed by atoms with van der Waals surface area (Å²) in [7, 11) is 1.66. The lowest BCUT2D eigenvalue weighted by Gasteiger charge is -2.47. The number of benzene rings is 2. The van der Waals surface area contributed by atoms with Crippen LogP contribution in [0.3, 0.4) is 0 Å². The van der Waals surface area contributed by atoms with Crippen LogP contribution in [0.5, 0.6) is 5.75 Å². The first kappa shape index (κ1) is 29.4. The van der Waals surface area contributed by atoms with Crippen LogP contribution in [0, 0.1) is 0 Å². The average Bonchev–Trinajstić information content (AvgIpc) is 3.53. The minimum Gasteiger partial charge on any atom is -0.497 e. The number of nitrogens with zero attached hydrogens (tertiary/aromatic N) is 7. The standard InChI is InChI=1S/C35H41N7O3/c1-23-20-40(24(2)19-39(23)25(3)27-10-13-29-30(17-27)37-15-14-36-29)31-18-33(43)41(21-26-8-11-28(44-4)12-9-26)32-22-42(38-35(31)32)34-7-5-6-16-45-34/h8-15,17-18,22-25,34H,5-7,16,19-21H2,1-4H3/t23-,24+,25-,34?/m1/s1. The molecule has 0 radical (unpaired) electrons. The van der Waals surface area contributed by atoms with Crippen molar-refractivity contribution in [1.29, 1.82) is 0 Å². The van der Waals surface area contributed by atoms with Crippen LogP contribution in [0.2, 0.25) is 0 Å². The van der Waals surface area contributed by atoms with Gasteiger partial charge in [0, 0.05) is 56.3 Å². The average molecular weight is 608 g/mol. The Labute approximate surface area is 263 Å². The van der Waals surface area contributed by atoms with Crippen LogP contribution < -0.4 is 15.2 Å². The van der Waals surface area contributed by atoms with Gasteiger partial charge in [-0.3, -0.25) is 19.7 Å². The first-order chi connectivity index (χ1) is 21.9. The Kier molecular flexibility index (Phi) is 8.01. The number of piperazine rings is 1. The van der Waals surface area contributed by atoms with E-state index in [2.05, 4.69) is 58.7 Å². The van der Waals surface area contributed by atoms with Crippen LogP contribution in [0.15, 0.2) is 71.9 Å². The van der Waals surface area contributed by atoms with Crippen LogP contribution in [0.25, 0.3) is 22.1 Å². The SMILES string of the molecule is COc1ccc(Cn2c(=O)cc(N3C[C@@H](C)N([C@H](C)c4ccc5nccnc5c4)C[C@@H]3C)c3nn(C4CCCCO4)cc32)cc1. The summed E-state index contributed by atoms with van der Waals surface area (Å²) >= 11 is 0. The highest BCUT2D eigenvalue weighted by Gasteiger charge is 2.34. The molecule has 4 atom stereocenters. The van der Waals surface area contributed by atoms with Crippen LogP contribution in [-0.2, 0) is 11.3 Å². The van der Waals surface area contributed by atoms with Gasteiger partial charge in [-0.1, -0.05) is 18.2 Å². The van der Waals surface area contributed by atoms with Crippen molar-refractivity contribution in [2.75, 3.05) is 31.7 Å². The number of ether oxygens (including phenoxy) is 2. The summed E-state index contributed by atoms with van der Waals surface area (Å²) in [6.45, 7) is 9.59. The van der Waals surface area contributed by atoms with E-state index in [4.69, 9.17) is 14.6 Å². The number of pyridine rings is 1. The third kappa shape index (κ3) is 5.68. The minimum absolute atomic E-state index is 0.0367. The molecule has 5 heterocycles. The highest BCUT2D eigenvalue weighted by molar-refractivity contribution is 5.88. The highest BCUT2D eigenvalue weighted by Crippen LogP contribution is 2.34. The summed E-state index contributed by atoms with van der Waals surface area (Å²) in [6, 6.07) is 16.7. The molecule has 10 nitrogen and oxygen atoms in total. The number of anilines is 1. The van der Waals surface area contributed by atoms with E-state index in [-0.39, 0.29) is 29.9 Å². The lowest BCUT2D eigenvalue weighted by molar-refractivity contribution is -0.0390. The third-order valence-corrected chi connectivity index (χ3v) is 9.54. The van der Waals surface area contributed by atoms with Gasteiger partial charge in [-0.25, -0.2) is 4.68 Å². The van der Waals surface area contributed by atoms with E-state index in [1.54, 1.807) is 25.6 Å². The van der Waals surface area contributed by atoms with Gasteiger partial charge in [-0.15, -0.1) is 0 Å². The van der Waals surface area contributed by atoms with Crippen LogP contribution in [0.1, 0.15) is 63.4 Å². The number of methoxy groups -OCH3 is 1. The van der Waals surface area contributed by atoms with Crippen LogP contribution in [0.4, 0.5) is 5.69 Å². The summed E-state index contributed by atoms with van der Waals surface area (Å²) in [6.07, 6.45) is 8.44. The highest BCUT2D eigenvalue weighted by atomic mass is 16.5. The molecule has 2 fully saturated rings. The van der Waals surface area contributed by atoms with Crippen molar-refractivity contribution in [1.82, 2.24) is 29.2 Å². The van der Waals surface area contributed by atoms with Crippen molar-refractivity contribution in [3.05, 3.63) is 88.6 Å². The Balaban J connectivity index is 1.22. The number of hydrogen-bond acceptors (Lipinski definition) is 8. The fourth-order valence-electron chi connectivity index (χ4n) is 6.98. The lowest BCUT2D eigenvalue weighted by Crippen LogP contribution is -2.57. The largest absolute Gasteiger partial charge is 0.497 e. The predicted molar refractivity (Wildman–Crippen MR) is 176 cm³/mol.